The average Bonchev–Trinajstić information content (AvgIpc) is 2.69. The van der Waals surface area contributed by atoms with Crippen LogP contribution in [0, 0.1) is 0 Å². The molecule has 0 amide bonds. The first-order valence-corrected chi connectivity index (χ1v) is 4.47. The second-order valence-electron chi connectivity index (χ2n) is 3.16. The van der Waals surface area contributed by atoms with E-state index < -0.39 is 0 Å². The van der Waals surface area contributed by atoms with Crippen LogP contribution in [0.2, 0.25) is 0 Å². The molecule has 0 aliphatic carbocycles. The van der Waals surface area contributed by atoms with E-state index >= 15 is 0 Å². The molecule has 0 aliphatic rings. The molecule has 0 unspecified atom stereocenters. The van der Waals surface area contributed by atoms with Gasteiger partial charge in [0, 0.05) is 6.20 Å². The monoisotopic (exact) mass is 198 g/mol. The van der Waals surface area contributed by atoms with Gasteiger partial charge in [-0.15, -0.1) is 0 Å². The number of fused-ring (bicyclic) bond motifs is 2. The molecule has 4 nitrogen and oxygen atoms in total. The first kappa shape index (κ1) is 8.11. The van der Waals surface area contributed by atoms with Crippen molar-refractivity contribution in [2.75, 3.05) is 0 Å². The molecule has 0 radical (unpaired) electrons. The van der Waals surface area contributed by atoms with E-state index in [0.717, 1.165) is 0 Å². The van der Waals surface area contributed by atoms with Gasteiger partial charge in [-0.1, -0.05) is 0 Å². The zero-order valence-corrected chi connectivity index (χ0v) is 7.68. The summed E-state index contributed by atoms with van der Waals surface area (Å²) in [5, 5.41) is 1.04. The second kappa shape index (κ2) is 2.88. The molecule has 0 aliphatic heterocycles. The fourth-order valence-electron chi connectivity index (χ4n) is 1.55. The maximum atomic E-state index is 12.0. The van der Waals surface area contributed by atoms with E-state index in [1.807, 2.05) is 0 Å². The zero-order chi connectivity index (χ0) is 10.3. The highest BCUT2D eigenvalue weighted by molar-refractivity contribution is 5.86. The summed E-state index contributed by atoms with van der Waals surface area (Å²) in [6.45, 7) is 0. The Hall–Kier alpha value is -2.23. The van der Waals surface area contributed by atoms with Crippen LogP contribution in [-0.4, -0.2) is 9.97 Å². The maximum Gasteiger partial charge on any atom is 0.200 e. The van der Waals surface area contributed by atoms with Crippen LogP contribution in [0.25, 0.3) is 22.0 Å². The lowest BCUT2D eigenvalue weighted by Crippen LogP contribution is -1.97. The SMILES string of the molecule is O=c1c2cccnc2ncc2occc12. The predicted molar refractivity (Wildman–Crippen MR) is 55.6 cm³/mol. The summed E-state index contributed by atoms with van der Waals surface area (Å²) in [6.07, 6.45) is 4.61. The van der Waals surface area contributed by atoms with Crippen LogP contribution >= 0.6 is 0 Å². The van der Waals surface area contributed by atoms with Crippen molar-refractivity contribution in [2.24, 2.45) is 0 Å². The lowest BCUT2D eigenvalue weighted by molar-refractivity contribution is 0.614. The van der Waals surface area contributed by atoms with Gasteiger partial charge < -0.3 is 4.42 Å². The van der Waals surface area contributed by atoms with Gasteiger partial charge in [-0.25, -0.2) is 9.97 Å². The van der Waals surface area contributed by atoms with Crippen molar-refractivity contribution >= 4 is 22.0 Å². The standard InChI is InChI=1S/C11H6N2O2/c14-10-7-3-5-15-9(7)6-13-11-8(10)2-1-4-12-11/h1-6H. The molecule has 3 heterocycles. The molecule has 0 bridgehead atoms. The number of hydrogen-bond acceptors (Lipinski definition) is 4. The van der Waals surface area contributed by atoms with Gasteiger partial charge in [-0.05, 0) is 18.2 Å². The fourth-order valence-corrected chi connectivity index (χ4v) is 1.55. The van der Waals surface area contributed by atoms with E-state index in [4.69, 9.17) is 4.42 Å². The normalized spacial score (nSPS) is 10.9. The minimum Gasteiger partial charge on any atom is -0.463 e. The molecule has 0 saturated heterocycles. The molecule has 4 heteroatoms. The molecule has 0 spiro atoms. The van der Waals surface area contributed by atoms with Crippen LogP contribution in [0.15, 0.2) is 46.1 Å². The lowest BCUT2D eigenvalue weighted by Gasteiger charge is -1.85. The third-order valence-electron chi connectivity index (χ3n) is 2.28. The largest absolute Gasteiger partial charge is 0.463 e. The summed E-state index contributed by atoms with van der Waals surface area (Å²) >= 11 is 0. The summed E-state index contributed by atoms with van der Waals surface area (Å²) < 4.78 is 5.14. The molecule has 3 aromatic rings. The van der Waals surface area contributed by atoms with Crippen LogP contribution in [0.1, 0.15) is 0 Å². The van der Waals surface area contributed by atoms with Crippen molar-refractivity contribution in [1.82, 2.24) is 9.97 Å². The number of pyridine rings is 1. The van der Waals surface area contributed by atoms with E-state index in [1.165, 1.54) is 12.5 Å². The molecule has 72 valence electrons. The smallest absolute Gasteiger partial charge is 0.200 e. The third kappa shape index (κ3) is 1.11. The van der Waals surface area contributed by atoms with Gasteiger partial charge in [0.25, 0.3) is 0 Å². The summed E-state index contributed by atoms with van der Waals surface area (Å²) in [5.41, 5.74) is 0.825. The summed E-state index contributed by atoms with van der Waals surface area (Å²) in [7, 11) is 0. The Kier molecular flexibility index (Phi) is 1.56. The maximum absolute atomic E-state index is 12.0. The molecule has 15 heavy (non-hydrogen) atoms. The van der Waals surface area contributed by atoms with Gasteiger partial charge in [-0.3, -0.25) is 4.79 Å². The highest BCUT2D eigenvalue weighted by atomic mass is 16.3. The lowest BCUT2D eigenvalue weighted by atomic mass is 10.2. The number of rotatable bonds is 0. The van der Waals surface area contributed by atoms with E-state index in [9.17, 15) is 4.79 Å². The first-order chi connectivity index (χ1) is 7.36. The van der Waals surface area contributed by atoms with E-state index in [2.05, 4.69) is 9.97 Å². The van der Waals surface area contributed by atoms with Crippen molar-refractivity contribution < 1.29 is 4.42 Å². The van der Waals surface area contributed by atoms with Crippen molar-refractivity contribution in [3.8, 4) is 0 Å². The van der Waals surface area contributed by atoms with Crippen LogP contribution in [0.5, 0.6) is 0 Å². The molecule has 0 atom stereocenters. The molecular formula is C11H6N2O2. The highest BCUT2D eigenvalue weighted by Crippen LogP contribution is 2.11. The third-order valence-corrected chi connectivity index (χ3v) is 2.28. The van der Waals surface area contributed by atoms with Crippen molar-refractivity contribution in [3.05, 3.63) is 47.1 Å². The van der Waals surface area contributed by atoms with Gasteiger partial charge >= 0.3 is 0 Å². The molecular weight excluding hydrogens is 192 g/mol. The Morgan fingerprint density at radius 2 is 2.07 bits per heavy atom. The number of furan rings is 1. The summed E-state index contributed by atoms with van der Waals surface area (Å²) in [4.78, 5) is 20.1. The summed E-state index contributed by atoms with van der Waals surface area (Å²) in [5.74, 6) is 0. The van der Waals surface area contributed by atoms with Crippen molar-refractivity contribution in [2.45, 2.75) is 0 Å². The molecule has 0 fully saturated rings. The van der Waals surface area contributed by atoms with Crippen LogP contribution < -0.4 is 5.43 Å². The fraction of sp³-hybridized carbons (Fsp3) is 0. The topological polar surface area (TPSA) is 56.0 Å². The van der Waals surface area contributed by atoms with Crippen molar-refractivity contribution in [1.29, 1.82) is 0 Å². The molecule has 3 aromatic heterocycles. The Labute approximate surface area is 84.2 Å². The van der Waals surface area contributed by atoms with Gasteiger partial charge in [-0.2, -0.15) is 0 Å². The molecule has 0 aromatic carbocycles. The highest BCUT2D eigenvalue weighted by Gasteiger charge is 2.04. The minimum absolute atomic E-state index is 0.0978. The Balaban J connectivity index is 2.71. The molecule has 0 saturated carbocycles. The van der Waals surface area contributed by atoms with Crippen LogP contribution in [-0.2, 0) is 0 Å². The Morgan fingerprint density at radius 3 is 3.00 bits per heavy atom. The zero-order valence-electron chi connectivity index (χ0n) is 7.68. The number of aromatic nitrogens is 2. The Morgan fingerprint density at radius 1 is 1.13 bits per heavy atom. The quantitative estimate of drug-likeness (QED) is 0.552. The van der Waals surface area contributed by atoms with Gasteiger partial charge in [0.2, 0.25) is 5.43 Å². The molecule has 0 N–H and O–H groups in total. The number of hydrogen-bond donors (Lipinski definition) is 0. The van der Waals surface area contributed by atoms with Gasteiger partial charge in [0.15, 0.2) is 11.2 Å². The van der Waals surface area contributed by atoms with E-state index in [0.29, 0.717) is 22.0 Å². The van der Waals surface area contributed by atoms with E-state index in [-0.39, 0.29) is 5.43 Å². The molecule has 3 rings (SSSR count). The number of nitrogens with zero attached hydrogens (tertiary/aromatic N) is 2. The van der Waals surface area contributed by atoms with Gasteiger partial charge in [0.05, 0.1) is 23.2 Å². The first-order valence-electron chi connectivity index (χ1n) is 4.47. The Bertz CT molecular complexity index is 703. The van der Waals surface area contributed by atoms with Crippen molar-refractivity contribution in [3.63, 3.8) is 0 Å². The predicted octanol–water partition coefficient (Wildman–Crippen LogP) is 1.74. The van der Waals surface area contributed by atoms with Crippen LogP contribution in [0.3, 0.4) is 0 Å². The minimum atomic E-state index is -0.0978. The summed E-state index contributed by atoms with van der Waals surface area (Å²) in [6, 6.07) is 5.08. The van der Waals surface area contributed by atoms with E-state index in [1.54, 1.807) is 24.4 Å². The van der Waals surface area contributed by atoms with Crippen LogP contribution in [0.4, 0.5) is 0 Å². The van der Waals surface area contributed by atoms with Gasteiger partial charge in [0.1, 0.15) is 0 Å². The second-order valence-corrected chi connectivity index (χ2v) is 3.16. The average molecular weight is 198 g/mol.